The molecule has 1 atom stereocenters. The van der Waals surface area contributed by atoms with E-state index in [0.29, 0.717) is 12.8 Å². The van der Waals surface area contributed by atoms with E-state index in [9.17, 15) is 4.79 Å². The molecule has 0 aliphatic heterocycles. The van der Waals surface area contributed by atoms with Gasteiger partial charge in [0.1, 0.15) is 5.82 Å². The van der Waals surface area contributed by atoms with E-state index in [2.05, 4.69) is 15.3 Å². The van der Waals surface area contributed by atoms with Gasteiger partial charge in [0.25, 0.3) is 0 Å². The monoisotopic (exact) mass is 224 g/mol. The molecule has 1 heterocycles. The van der Waals surface area contributed by atoms with Gasteiger partial charge < -0.3 is 16.0 Å². The number of nitrogens with one attached hydrogen (secondary N) is 2. The highest BCUT2D eigenvalue weighted by Gasteiger charge is 2.31. The Labute approximate surface area is 95.8 Å². The molecule has 0 aliphatic carbocycles. The molecule has 1 aromatic rings. The van der Waals surface area contributed by atoms with Gasteiger partial charge in [0, 0.05) is 12.4 Å². The first-order valence-corrected chi connectivity index (χ1v) is 5.62. The maximum absolute atomic E-state index is 12.0. The molecule has 1 rings (SSSR count). The molecule has 0 fully saturated rings. The van der Waals surface area contributed by atoms with Crippen molar-refractivity contribution in [3.63, 3.8) is 0 Å². The Morgan fingerprint density at radius 1 is 1.62 bits per heavy atom. The fourth-order valence-corrected chi connectivity index (χ4v) is 1.49. The summed E-state index contributed by atoms with van der Waals surface area (Å²) in [5.74, 6) is 0.615. The van der Waals surface area contributed by atoms with Crippen molar-refractivity contribution in [2.75, 3.05) is 0 Å². The quantitative estimate of drug-likeness (QED) is 0.700. The van der Waals surface area contributed by atoms with Crippen molar-refractivity contribution in [1.29, 1.82) is 0 Å². The molecule has 5 heteroatoms. The van der Waals surface area contributed by atoms with Crippen LogP contribution in [-0.2, 0) is 4.79 Å². The van der Waals surface area contributed by atoms with Gasteiger partial charge in [-0.3, -0.25) is 4.79 Å². The topological polar surface area (TPSA) is 83.8 Å². The van der Waals surface area contributed by atoms with Crippen molar-refractivity contribution in [3.8, 4) is 0 Å². The average molecular weight is 224 g/mol. The number of nitrogens with zero attached hydrogens (tertiary/aromatic N) is 1. The lowest BCUT2D eigenvalue weighted by molar-refractivity contribution is -0.127. The van der Waals surface area contributed by atoms with Crippen LogP contribution in [0.1, 0.15) is 45.5 Å². The molecule has 0 saturated heterocycles. The lowest BCUT2D eigenvalue weighted by atomic mass is 9.93. The van der Waals surface area contributed by atoms with E-state index in [1.807, 2.05) is 20.8 Å². The largest absolute Gasteiger partial charge is 0.347 e. The second-order valence-electron chi connectivity index (χ2n) is 4.03. The summed E-state index contributed by atoms with van der Waals surface area (Å²) < 4.78 is 0. The predicted molar refractivity (Wildman–Crippen MR) is 62.6 cm³/mol. The number of hydrogen-bond donors (Lipinski definition) is 3. The first-order chi connectivity index (χ1) is 7.53. The van der Waals surface area contributed by atoms with Crippen molar-refractivity contribution in [2.45, 2.75) is 45.2 Å². The third-order valence-corrected chi connectivity index (χ3v) is 2.99. The summed E-state index contributed by atoms with van der Waals surface area (Å²) in [5, 5.41) is 2.87. The molecular weight excluding hydrogens is 204 g/mol. The molecule has 0 spiro atoms. The van der Waals surface area contributed by atoms with Crippen LogP contribution >= 0.6 is 0 Å². The van der Waals surface area contributed by atoms with E-state index in [1.165, 1.54) is 0 Å². The fourth-order valence-electron chi connectivity index (χ4n) is 1.49. The van der Waals surface area contributed by atoms with Crippen LogP contribution in [0.4, 0.5) is 0 Å². The molecule has 1 unspecified atom stereocenters. The Kier molecular flexibility index (Phi) is 4.06. The number of carbonyl (C=O) groups excluding carboxylic acids is 1. The standard InChI is InChI=1S/C11H20N4O/c1-4-11(12,5-2)10(16)15-8(3)9-13-6-7-14-9/h6-8H,4-5,12H2,1-3H3,(H,13,14)(H,15,16). The highest BCUT2D eigenvalue weighted by Crippen LogP contribution is 2.14. The Bertz CT molecular complexity index is 330. The van der Waals surface area contributed by atoms with Crippen LogP contribution in [0.3, 0.4) is 0 Å². The number of H-pyrrole nitrogens is 1. The van der Waals surface area contributed by atoms with Gasteiger partial charge in [0.15, 0.2) is 0 Å². The van der Waals surface area contributed by atoms with Crippen molar-refractivity contribution < 1.29 is 4.79 Å². The zero-order valence-electron chi connectivity index (χ0n) is 10.1. The van der Waals surface area contributed by atoms with E-state index in [-0.39, 0.29) is 11.9 Å². The van der Waals surface area contributed by atoms with Gasteiger partial charge in [-0.25, -0.2) is 4.98 Å². The molecule has 5 nitrogen and oxygen atoms in total. The Morgan fingerprint density at radius 3 is 2.69 bits per heavy atom. The SMILES string of the molecule is CCC(N)(CC)C(=O)NC(C)c1ncc[nH]1. The zero-order chi connectivity index (χ0) is 12.2. The third kappa shape index (κ3) is 2.61. The molecular formula is C11H20N4O. The molecule has 0 radical (unpaired) electrons. The van der Waals surface area contributed by atoms with Gasteiger partial charge in [-0.1, -0.05) is 13.8 Å². The minimum atomic E-state index is -0.777. The minimum Gasteiger partial charge on any atom is -0.347 e. The van der Waals surface area contributed by atoms with Crippen LogP contribution in [0.15, 0.2) is 12.4 Å². The molecule has 0 aliphatic rings. The summed E-state index contributed by atoms with van der Waals surface area (Å²) in [5.41, 5.74) is 5.22. The number of amides is 1. The first kappa shape index (κ1) is 12.7. The summed E-state index contributed by atoms with van der Waals surface area (Å²) in [6, 6.07) is -0.150. The van der Waals surface area contributed by atoms with Gasteiger partial charge in [-0.05, 0) is 19.8 Å². The lowest BCUT2D eigenvalue weighted by Gasteiger charge is -2.26. The van der Waals surface area contributed by atoms with Crippen molar-refractivity contribution >= 4 is 5.91 Å². The Balaban J connectivity index is 2.64. The average Bonchev–Trinajstić information content (AvgIpc) is 2.81. The van der Waals surface area contributed by atoms with Crippen molar-refractivity contribution in [1.82, 2.24) is 15.3 Å². The van der Waals surface area contributed by atoms with E-state index >= 15 is 0 Å². The number of nitrogens with two attached hydrogens (primary N) is 1. The van der Waals surface area contributed by atoms with E-state index in [0.717, 1.165) is 5.82 Å². The van der Waals surface area contributed by atoms with Gasteiger partial charge in [-0.15, -0.1) is 0 Å². The summed E-state index contributed by atoms with van der Waals surface area (Å²) in [6.45, 7) is 5.71. The van der Waals surface area contributed by atoms with E-state index in [1.54, 1.807) is 12.4 Å². The highest BCUT2D eigenvalue weighted by atomic mass is 16.2. The summed E-state index contributed by atoms with van der Waals surface area (Å²) in [4.78, 5) is 19.0. The maximum atomic E-state index is 12.0. The normalized spacial score (nSPS) is 13.5. The van der Waals surface area contributed by atoms with Crippen molar-refractivity contribution in [3.05, 3.63) is 18.2 Å². The molecule has 16 heavy (non-hydrogen) atoms. The van der Waals surface area contributed by atoms with Crippen LogP contribution in [0.25, 0.3) is 0 Å². The summed E-state index contributed by atoms with van der Waals surface area (Å²) in [6.07, 6.45) is 4.64. The van der Waals surface area contributed by atoms with Gasteiger partial charge in [0.2, 0.25) is 5.91 Å². The molecule has 90 valence electrons. The Morgan fingerprint density at radius 2 is 2.25 bits per heavy atom. The molecule has 4 N–H and O–H groups in total. The van der Waals surface area contributed by atoms with Gasteiger partial charge in [0.05, 0.1) is 11.6 Å². The lowest BCUT2D eigenvalue weighted by Crippen LogP contribution is -2.53. The third-order valence-electron chi connectivity index (χ3n) is 2.99. The first-order valence-electron chi connectivity index (χ1n) is 5.62. The minimum absolute atomic E-state index is 0.124. The van der Waals surface area contributed by atoms with Gasteiger partial charge >= 0.3 is 0 Å². The number of aromatic amines is 1. The van der Waals surface area contributed by atoms with E-state index < -0.39 is 5.54 Å². The van der Waals surface area contributed by atoms with Crippen molar-refractivity contribution in [2.24, 2.45) is 5.73 Å². The Hall–Kier alpha value is -1.36. The fraction of sp³-hybridized carbons (Fsp3) is 0.636. The molecule has 1 aromatic heterocycles. The van der Waals surface area contributed by atoms with Crippen LogP contribution in [0.5, 0.6) is 0 Å². The van der Waals surface area contributed by atoms with Crippen LogP contribution in [0, 0.1) is 0 Å². The summed E-state index contributed by atoms with van der Waals surface area (Å²) in [7, 11) is 0. The molecule has 0 aromatic carbocycles. The zero-order valence-corrected chi connectivity index (χ0v) is 10.1. The second-order valence-corrected chi connectivity index (χ2v) is 4.03. The number of hydrogen-bond acceptors (Lipinski definition) is 3. The summed E-state index contributed by atoms with van der Waals surface area (Å²) >= 11 is 0. The number of carbonyl (C=O) groups is 1. The molecule has 1 amide bonds. The maximum Gasteiger partial charge on any atom is 0.240 e. The highest BCUT2D eigenvalue weighted by molar-refractivity contribution is 5.86. The van der Waals surface area contributed by atoms with Crippen LogP contribution in [0.2, 0.25) is 0 Å². The number of aromatic nitrogens is 2. The van der Waals surface area contributed by atoms with Crippen LogP contribution < -0.4 is 11.1 Å². The predicted octanol–water partition coefficient (Wildman–Crippen LogP) is 1.10. The molecule has 0 saturated carbocycles. The number of rotatable bonds is 5. The van der Waals surface area contributed by atoms with Gasteiger partial charge in [-0.2, -0.15) is 0 Å². The number of imidazole rings is 1. The molecule has 0 bridgehead atoms. The van der Waals surface area contributed by atoms with E-state index in [4.69, 9.17) is 5.73 Å². The second kappa shape index (κ2) is 5.12. The van der Waals surface area contributed by atoms with Crippen LogP contribution in [-0.4, -0.2) is 21.4 Å². The smallest absolute Gasteiger partial charge is 0.240 e.